The summed E-state index contributed by atoms with van der Waals surface area (Å²) in [5.41, 5.74) is 9.75. The van der Waals surface area contributed by atoms with Gasteiger partial charge >= 0.3 is 0 Å². The maximum absolute atomic E-state index is 9.08. The molecule has 0 saturated carbocycles. The standard InChI is InChI=1S/C16H17N5/c1-11-8-13(9-17)20-16(19-11)21-7-6-12-4-2-3-5-14(12)15(21)10-18/h2-5,8,15H,6-7,10,18H2,1H3. The number of anilines is 1. The number of nitrogens with two attached hydrogens (primary N) is 1. The summed E-state index contributed by atoms with van der Waals surface area (Å²) in [4.78, 5) is 10.9. The Morgan fingerprint density at radius 2 is 2.19 bits per heavy atom. The summed E-state index contributed by atoms with van der Waals surface area (Å²) in [5, 5.41) is 9.08. The van der Waals surface area contributed by atoms with Gasteiger partial charge in [-0.05, 0) is 30.5 Å². The quantitative estimate of drug-likeness (QED) is 0.905. The average Bonchev–Trinajstić information content (AvgIpc) is 2.53. The number of benzene rings is 1. The van der Waals surface area contributed by atoms with Crippen LogP contribution in [0.15, 0.2) is 30.3 Å². The molecule has 1 aliphatic heterocycles. The van der Waals surface area contributed by atoms with E-state index in [0.29, 0.717) is 18.2 Å². The molecule has 2 N–H and O–H groups in total. The van der Waals surface area contributed by atoms with Crippen molar-refractivity contribution >= 4 is 5.95 Å². The molecule has 1 unspecified atom stereocenters. The predicted octanol–water partition coefficient (Wildman–Crippen LogP) is 1.72. The molecule has 5 heteroatoms. The molecule has 2 heterocycles. The van der Waals surface area contributed by atoms with Gasteiger partial charge < -0.3 is 10.6 Å². The lowest BCUT2D eigenvalue weighted by Crippen LogP contribution is -2.40. The van der Waals surface area contributed by atoms with Crippen molar-refractivity contribution in [2.24, 2.45) is 5.73 Å². The molecule has 1 aliphatic rings. The largest absolute Gasteiger partial charge is 0.332 e. The van der Waals surface area contributed by atoms with E-state index in [-0.39, 0.29) is 6.04 Å². The molecule has 0 radical (unpaired) electrons. The van der Waals surface area contributed by atoms with Gasteiger partial charge in [-0.2, -0.15) is 5.26 Å². The van der Waals surface area contributed by atoms with E-state index in [2.05, 4.69) is 39.1 Å². The smallest absolute Gasteiger partial charge is 0.227 e. The Morgan fingerprint density at radius 3 is 2.95 bits per heavy atom. The van der Waals surface area contributed by atoms with Crippen molar-refractivity contribution in [1.29, 1.82) is 5.26 Å². The summed E-state index contributed by atoms with van der Waals surface area (Å²) in [7, 11) is 0. The van der Waals surface area contributed by atoms with Crippen molar-refractivity contribution in [2.75, 3.05) is 18.0 Å². The van der Waals surface area contributed by atoms with E-state index in [4.69, 9.17) is 11.0 Å². The van der Waals surface area contributed by atoms with E-state index in [9.17, 15) is 0 Å². The topological polar surface area (TPSA) is 78.8 Å². The van der Waals surface area contributed by atoms with Gasteiger partial charge in [-0.1, -0.05) is 24.3 Å². The highest BCUT2D eigenvalue weighted by Gasteiger charge is 2.28. The fraction of sp³-hybridized carbons (Fsp3) is 0.312. The number of rotatable bonds is 2. The van der Waals surface area contributed by atoms with Gasteiger partial charge in [0.15, 0.2) is 0 Å². The molecule has 1 atom stereocenters. The molecule has 106 valence electrons. The molecule has 0 fully saturated rings. The molecule has 0 amide bonds. The first kappa shape index (κ1) is 13.5. The second kappa shape index (κ2) is 5.51. The molecule has 0 spiro atoms. The first-order valence-corrected chi connectivity index (χ1v) is 7.03. The van der Waals surface area contributed by atoms with Gasteiger partial charge in [-0.3, -0.25) is 0 Å². The van der Waals surface area contributed by atoms with Crippen LogP contribution in [0.25, 0.3) is 0 Å². The maximum Gasteiger partial charge on any atom is 0.227 e. The number of nitrogens with zero attached hydrogens (tertiary/aromatic N) is 4. The summed E-state index contributed by atoms with van der Waals surface area (Å²) in [6.07, 6.45) is 0.936. The minimum atomic E-state index is 0.0586. The maximum atomic E-state index is 9.08. The molecule has 3 rings (SSSR count). The van der Waals surface area contributed by atoms with Gasteiger partial charge in [0, 0.05) is 18.8 Å². The second-order valence-corrected chi connectivity index (χ2v) is 5.20. The zero-order valence-corrected chi connectivity index (χ0v) is 12.0. The molecular formula is C16H17N5. The predicted molar refractivity (Wildman–Crippen MR) is 80.8 cm³/mol. The average molecular weight is 279 g/mol. The molecule has 5 nitrogen and oxygen atoms in total. The van der Waals surface area contributed by atoms with Crippen LogP contribution in [-0.2, 0) is 6.42 Å². The molecule has 0 bridgehead atoms. The summed E-state index contributed by atoms with van der Waals surface area (Å²) < 4.78 is 0. The van der Waals surface area contributed by atoms with Crippen molar-refractivity contribution in [2.45, 2.75) is 19.4 Å². The van der Waals surface area contributed by atoms with Crippen LogP contribution in [0.1, 0.15) is 28.6 Å². The van der Waals surface area contributed by atoms with Crippen molar-refractivity contribution in [3.8, 4) is 6.07 Å². The Hall–Kier alpha value is -2.45. The zero-order valence-electron chi connectivity index (χ0n) is 12.0. The van der Waals surface area contributed by atoms with Crippen LogP contribution >= 0.6 is 0 Å². The Balaban J connectivity index is 2.04. The van der Waals surface area contributed by atoms with Crippen LogP contribution in [0, 0.1) is 18.3 Å². The van der Waals surface area contributed by atoms with E-state index < -0.39 is 0 Å². The minimum absolute atomic E-state index is 0.0586. The lowest BCUT2D eigenvalue weighted by atomic mass is 9.93. The van der Waals surface area contributed by atoms with Crippen LogP contribution in [0.2, 0.25) is 0 Å². The SMILES string of the molecule is Cc1cc(C#N)nc(N2CCc3ccccc3C2CN)n1. The van der Waals surface area contributed by atoms with Crippen LogP contribution in [0.3, 0.4) is 0 Å². The first-order valence-electron chi connectivity index (χ1n) is 7.03. The zero-order chi connectivity index (χ0) is 14.8. The van der Waals surface area contributed by atoms with Gasteiger partial charge in [0.25, 0.3) is 0 Å². The van der Waals surface area contributed by atoms with E-state index in [1.54, 1.807) is 6.07 Å². The molecule has 21 heavy (non-hydrogen) atoms. The van der Waals surface area contributed by atoms with E-state index >= 15 is 0 Å². The number of fused-ring (bicyclic) bond motifs is 1. The highest BCUT2D eigenvalue weighted by atomic mass is 15.3. The van der Waals surface area contributed by atoms with Crippen LogP contribution in [0.4, 0.5) is 5.95 Å². The lowest BCUT2D eigenvalue weighted by Gasteiger charge is -2.36. The number of aryl methyl sites for hydroxylation is 1. The number of hydrogen-bond acceptors (Lipinski definition) is 5. The highest BCUT2D eigenvalue weighted by Crippen LogP contribution is 2.31. The van der Waals surface area contributed by atoms with Crippen LogP contribution in [-0.4, -0.2) is 23.1 Å². The third-order valence-corrected chi connectivity index (χ3v) is 3.85. The molecule has 0 aliphatic carbocycles. The fourth-order valence-corrected chi connectivity index (χ4v) is 2.88. The molecular weight excluding hydrogens is 262 g/mol. The van der Waals surface area contributed by atoms with Gasteiger partial charge in [0.2, 0.25) is 5.95 Å². The molecule has 1 aromatic carbocycles. The molecule has 1 aromatic heterocycles. The van der Waals surface area contributed by atoms with Gasteiger partial charge in [0.05, 0.1) is 6.04 Å². The number of aromatic nitrogens is 2. The second-order valence-electron chi connectivity index (χ2n) is 5.20. The molecule has 0 saturated heterocycles. The fourth-order valence-electron chi connectivity index (χ4n) is 2.88. The van der Waals surface area contributed by atoms with E-state index in [1.165, 1.54) is 11.1 Å². The van der Waals surface area contributed by atoms with Crippen molar-refractivity contribution in [3.05, 3.63) is 52.8 Å². The lowest BCUT2D eigenvalue weighted by molar-refractivity contribution is 0.575. The summed E-state index contributed by atoms with van der Waals surface area (Å²) in [6.45, 7) is 3.19. The number of hydrogen-bond donors (Lipinski definition) is 1. The monoisotopic (exact) mass is 279 g/mol. The van der Waals surface area contributed by atoms with Gasteiger partial charge in [0.1, 0.15) is 11.8 Å². The van der Waals surface area contributed by atoms with Crippen molar-refractivity contribution in [3.63, 3.8) is 0 Å². The van der Waals surface area contributed by atoms with Gasteiger partial charge in [-0.25, -0.2) is 9.97 Å². The molecule has 2 aromatic rings. The van der Waals surface area contributed by atoms with Crippen molar-refractivity contribution in [1.82, 2.24) is 9.97 Å². The van der Waals surface area contributed by atoms with E-state index in [0.717, 1.165) is 18.7 Å². The Kier molecular flexibility index (Phi) is 3.55. The van der Waals surface area contributed by atoms with Crippen LogP contribution in [0.5, 0.6) is 0 Å². The summed E-state index contributed by atoms with van der Waals surface area (Å²) in [5.74, 6) is 0.594. The van der Waals surface area contributed by atoms with Crippen molar-refractivity contribution < 1.29 is 0 Å². The van der Waals surface area contributed by atoms with Crippen LogP contribution < -0.4 is 10.6 Å². The highest BCUT2D eigenvalue weighted by molar-refractivity contribution is 5.45. The normalized spacial score (nSPS) is 17.2. The Morgan fingerprint density at radius 1 is 1.38 bits per heavy atom. The third kappa shape index (κ3) is 2.46. The number of nitriles is 1. The first-order chi connectivity index (χ1) is 10.2. The third-order valence-electron chi connectivity index (χ3n) is 3.85. The minimum Gasteiger partial charge on any atom is -0.332 e. The van der Waals surface area contributed by atoms with Gasteiger partial charge in [-0.15, -0.1) is 0 Å². The van der Waals surface area contributed by atoms with E-state index in [1.807, 2.05) is 13.0 Å². The Labute approximate surface area is 124 Å². The summed E-state index contributed by atoms with van der Waals surface area (Å²) >= 11 is 0. The summed E-state index contributed by atoms with van der Waals surface area (Å²) in [6, 6.07) is 12.2. The Bertz CT molecular complexity index is 704.